The third-order valence-corrected chi connectivity index (χ3v) is 3.82. The zero-order chi connectivity index (χ0) is 18.0. The summed E-state index contributed by atoms with van der Waals surface area (Å²) >= 11 is 1.67. The Labute approximate surface area is 146 Å². The first-order valence-electron chi connectivity index (χ1n) is 7.83. The van der Waals surface area contributed by atoms with Crippen LogP contribution in [0.1, 0.15) is 27.7 Å². The molecule has 0 aliphatic heterocycles. The Morgan fingerprint density at radius 2 is 1.79 bits per heavy atom. The molecule has 0 atom stereocenters. The second-order valence-electron chi connectivity index (χ2n) is 4.81. The minimum Gasteiger partial charge on any atom is -0.343 e. The number of carbonyl (C=O) groups is 2. The second-order valence-corrected chi connectivity index (χ2v) is 6.14. The van der Waals surface area contributed by atoms with Crippen LogP contribution in [0.3, 0.4) is 0 Å². The van der Waals surface area contributed by atoms with Gasteiger partial charge in [-0.05, 0) is 44.7 Å². The van der Waals surface area contributed by atoms with Crippen molar-refractivity contribution in [3.63, 3.8) is 0 Å². The predicted molar refractivity (Wildman–Crippen MR) is 94.8 cm³/mol. The number of carbonyl (C=O) groups excluding carboxylic acids is 2. The van der Waals surface area contributed by atoms with E-state index in [1.807, 2.05) is 18.2 Å². The summed E-state index contributed by atoms with van der Waals surface area (Å²) in [5, 5.41) is 2.65. The molecule has 0 aliphatic rings. The first-order chi connectivity index (χ1) is 11.4. The Bertz CT molecular complexity index is 548. The quantitative estimate of drug-likeness (QED) is 0.379. The molecule has 0 saturated heterocycles. The van der Waals surface area contributed by atoms with Gasteiger partial charge in [0.25, 0.3) is 5.91 Å². The molecule has 0 aliphatic carbocycles. The van der Waals surface area contributed by atoms with E-state index >= 15 is 0 Å². The van der Waals surface area contributed by atoms with Gasteiger partial charge < -0.3 is 14.8 Å². The summed E-state index contributed by atoms with van der Waals surface area (Å²) in [6.07, 6.45) is 0. The van der Waals surface area contributed by atoms with Gasteiger partial charge in [-0.1, -0.05) is 13.0 Å². The minimum atomic E-state index is -1.45. The van der Waals surface area contributed by atoms with E-state index in [-0.39, 0.29) is 0 Å². The molecule has 0 spiro atoms. The number of amides is 3. The lowest BCUT2D eigenvalue weighted by Gasteiger charge is -2.27. The number of thioether (sulfide) groups is 1. The van der Waals surface area contributed by atoms with Gasteiger partial charge in [0.2, 0.25) is 5.79 Å². The average molecular weight is 355 g/mol. The number of hydrazine groups is 1. The number of benzene rings is 1. The van der Waals surface area contributed by atoms with E-state index < -0.39 is 17.7 Å². The van der Waals surface area contributed by atoms with Crippen LogP contribution in [0.4, 0.5) is 10.5 Å². The molecule has 8 heteroatoms. The van der Waals surface area contributed by atoms with Crippen molar-refractivity contribution < 1.29 is 19.1 Å². The largest absolute Gasteiger partial charge is 0.343 e. The van der Waals surface area contributed by atoms with E-state index in [2.05, 4.69) is 23.1 Å². The highest BCUT2D eigenvalue weighted by molar-refractivity contribution is 7.99. The molecule has 1 aromatic rings. The molecule has 3 N–H and O–H groups in total. The fraction of sp³-hybridized carbons (Fsp3) is 0.500. The van der Waals surface area contributed by atoms with E-state index in [1.165, 1.54) is 6.92 Å². The smallest absolute Gasteiger partial charge is 0.337 e. The normalized spacial score (nSPS) is 11.0. The standard InChI is InChI=1S/C16H25N3O4S/c1-5-22-16(4,23-6-2)14(20)18-19-15(21)17-12-9-8-10-13(11-12)24-7-3/h8-11H,5-7H2,1-4H3,(H,18,20)(H2,17,19,21). The molecule has 0 fully saturated rings. The van der Waals surface area contributed by atoms with Crippen LogP contribution in [0.15, 0.2) is 29.2 Å². The van der Waals surface area contributed by atoms with Crippen molar-refractivity contribution in [1.82, 2.24) is 10.9 Å². The number of rotatable bonds is 8. The van der Waals surface area contributed by atoms with Crippen LogP contribution in [-0.4, -0.2) is 36.7 Å². The van der Waals surface area contributed by atoms with Crippen molar-refractivity contribution in [2.24, 2.45) is 0 Å². The molecular formula is C16H25N3O4S. The summed E-state index contributed by atoms with van der Waals surface area (Å²) in [5.74, 6) is -1.09. The lowest BCUT2D eigenvalue weighted by Crippen LogP contribution is -2.55. The van der Waals surface area contributed by atoms with Gasteiger partial charge in [-0.3, -0.25) is 10.2 Å². The van der Waals surface area contributed by atoms with Gasteiger partial charge in [-0.25, -0.2) is 10.2 Å². The molecule has 0 heterocycles. The van der Waals surface area contributed by atoms with Crippen molar-refractivity contribution in [3.8, 4) is 0 Å². The second kappa shape index (κ2) is 10.2. The van der Waals surface area contributed by atoms with Crippen LogP contribution >= 0.6 is 11.8 Å². The van der Waals surface area contributed by atoms with Crippen molar-refractivity contribution >= 4 is 29.4 Å². The van der Waals surface area contributed by atoms with Gasteiger partial charge in [0.05, 0.1) is 0 Å². The Kier molecular flexibility index (Phi) is 8.59. The summed E-state index contributed by atoms with van der Waals surface area (Å²) < 4.78 is 10.6. The molecule has 0 saturated carbocycles. The molecule has 1 aromatic carbocycles. The molecule has 24 heavy (non-hydrogen) atoms. The number of hydrogen-bond donors (Lipinski definition) is 3. The Hall–Kier alpha value is -1.77. The van der Waals surface area contributed by atoms with Crippen LogP contribution in [-0.2, 0) is 14.3 Å². The summed E-state index contributed by atoms with van der Waals surface area (Å²) in [6.45, 7) is 7.68. The summed E-state index contributed by atoms with van der Waals surface area (Å²) in [6, 6.07) is 6.89. The van der Waals surface area contributed by atoms with Gasteiger partial charge in [0.15, 0.2) is 0 Å². The van der Waals surface area contributed by atoms with Crippen LogP contribution in [0.5, 0.6) is 0 Å². The maximum atomic E-state index is 12.1. The molecule has 0 bridgehead atoms. The third-order valence-electron chi connectivity index (χ3n) is 2.94. The summed E-state index contributed by atoms with van der Waals surface area (Å²) in [7, 11) is 0. The number of hydrogen-bond acceptors (Lipinski definition) is 5. The molecular weight excluding hydrogens is 330 g/mol. The SMILES string of the molecule is CCOC(C)(OCC)C(=O)NNC(=O)Nc1cccc(SCC)c1. The number of ether oxygens (including phenoxy) is 2. The first kappa shape index (κ1) is 20.3. The number of anilines is 1. The zero-order valence-electron chi connectivity index (χ0n) is 14.5. The minimum absolute atomic E-state index is 0.304. The molecule has 7 nitrogen and oxygen atoms in total. The van der Waals surface area contributed by atoms with Crippen LogP contribution in [0.2, 0.25) is 0 Å². The predicted octanol–water partition coefficient (Wildman–Crippen LogP) is 2.74. The molecule has 3 amide bonds. The van der Waals surface area contributed by atoms with Crippen molar-refractivity contribution in [2.45, 2.75) is 38.4 Å². The molecule has 0 unspecified atom stereocenters. The lowest BCUT2D eigenvalue weighted by molar-refractivity contribution is -0.219. The lowest BCUT2D eigenvalue weighted by atomic mass is 10.3. The van der Waals surface area contributed by atoms with Gasteiger partial charge >= 0.3 is 6.03 Å². The highest BCUT2D eigenvalue weighted by Crippen LogP contribution is 2.21. The molecule has 134 valence electrons. The van der Waals surface area contributed by atoms with Gasteiger partial charge in [0.1, 0.15) is 0 Å². The molecule has 0 aromatic heterocycles. The van der Waals surface area contributed by atoms with Crippen molar-refractivity contribution in [3.05, 3.63) is 24.3 Å². The topological polar surface area (TPSA) is 88.7 Å². The number of nitrogens with one attached hydrogen (secondary N) is 3. The first-order valence-corrected chi connectivity index (χ1v) is 8.81. The van der Waals surface area contributed by atoms with E-state index in [0.29, 0.717) is 18.9 Å². The zero-order valence-corrected chi connectivity index (χ0v) is 15.3. The maximum absolute atomic E-state index is 12.1. The highest BCUT2D eigenvalue weighted by atomic mass is 32.2. The fourth-order valence-corrected chi connectivity index (χ4v) is 2.66. The Morgan fingerprint density at radius 3 is 2.38 bits per heavy atom. The van der Waals surface area contributed by atoms with Gasteiger partial charge in [0, 0.05) is 23.8 Å². The monoisotopic (exact) mass is 355 g/mol. The van der Waals surface area contributed by atoms with Crippen molar-refractivity contribution in [2.75, 3.05) is 24.3 Å². The van der Waals surface area contributed by atoms with Gasteiger partial charge in [-0.2, -0.15) is 0 Å². The van der Waals surface area contributed by atoms with Crippen LogP contribution in [0.25, 0.3) is 0 Å². The summed E-state index contributed by atoms with van der Waals surface area (Å²) in [4.78, 5) is 25.1. The molecule has 0 radical (unpaired) electrons. The van der Waals surface area contributed by atoms with E-state index in [0.717, 1.165) is 10.6 Å². The molecule has 1 rings (SSSR count). The van der Waals surface area contributed by atoms with Crippen molar-refractivity contribution in [1.29, 1.82) is 0 Å². The highest BCUT2D eigenvalue weighted by Gasteiger charge is 2.35. The van der Waals surface area contributed by atoms with Crippen LogP contribution in [0, 0.1) is 0 Å². The average Bonchev–Trinajstić information content (AvgIpc) is 2.53. The Balaban J connectivity index is 2.56. The van der Waals surface area contributed by atoms with E-state index in [4.69, 9.17) is 9.47 Å². The maximum Gasteiger partial charge on any atom is 0.337 e. The van der Waals surface area contributed by atoms with E-state index in [9.17, 15) is 9.59 Å². The van der Waals surface area contributed by atoms with E-state index in [1.54, 1.807) is 31.7 Å². The summed E-state index contributed by atoms with van der Waals surface area (Å²) in [5.41, 5.74) is 5.22. The number of urea groups is 1. The fourth-order valence-electron chi connectivity index (χ4n) is 1.94. The van der Waals surface area contributed by atoms with Crippen LogP contribution < -0.4 is 16.2 Å². The van der Waals surface area contributed by atoms with Gasteiger partial charge in [-0.15, -0.1) is 11.8 Å². The third kappa shape index (κ3) is 6.38. The Morgan fingerprint density at radius 1 is 1.12 bits per heavy atom.